The van der Waals surface area contributed by atoms with E-state index in [0.29, 0.717) is 0 Å². The predicted molar refractivity (Wildman–Crippen MR) is 109 cm³/mol. The topological polar surface area (TPSA) is 22.0 Å². The first-order chi connectivity index (χ1) is 12.5. The van der Waals surface area contributed by atoms with Crippen LogP contribution in [0.1, 0.15) is 29.8 Å². The summed E-state index contributed by atoms with van der Waals surface area (Å²) >= 11 is 1.79. The molecule has 1 aliphatic rings. The van der Waals surface area contributed by atoms with Gasteiger partial charge in [-0.1, -0.05) is 48.5 Å². The van der Waals surface area contributed by atoms with Crippen LogP contribution in [0.4, 0.5) is 0 Å². The smallest absolute Gasteiger partial charge is 0.175 e. The quantitative estimate of drug-likeness (QED) is 0.406. The molecule has 3 heteroatoms. The molecular weight excluding hydrogens is 338 g/mol. The Morgan fingerprint density at radius 3 is 2.42 bits per heavy atom. The average molecular weight is 357 g/mol. The fraction of sp³-hybridized carbons (Fsp3) is 0.174. The van der Waals surface area contributed by atoms with Crippen LogP contribution in [0.2, 0.25) is 0 Å². The summed E-state index contributed by atoms with van der Waals surface area (Å²) in [5.41, 5.74) is 4.89. The molecule has 2 heterocycles. The van der Waals surface area contributed by atoms with Gasteiger partial charge in [-0.15, -0.1) is 11.3 Å². The number of thiophene rings is 1. The molecule has 2 nitrogen and oxygen atoms in total. The summed E-state index contributed by atoms with van der Waals surface area (Å²) in [6.45, 7) is 4.11. The van der Waals surface area contributed by atoms with E-state index >= 15 is 0 Å². The van der Waals surface area contributed by atoms with Gasteiger partial charge in [-0.25, -0.2) is 0 Å². The number of carbonyl (C=O) groups is 1. The van der Waals surface area contributed by atoms with Gasteiger partial charge in [-0.05, 0) is 37.1 Å². The van der Waals surface area contributed by atoms with Crippen LogP contribution in [-0.4, -0.2) is 10.4 Å². The molecule has 0 radical (unpaired) electrons. The van der Waals surface area contributed by atoms with Crippen molar-refractivity contribution in [1.29, 1.82) is 0 Å². The number of hydrogen-bond donors (Lipinski definition) is 0. The molecule has 0 saturated carbocycles. The Labute approximate surface area is 156 Å². The predicted octanol–water partition coefficient (Wildman–Crippen LogP) is 6.05. The number of Topliss-reactive ketones (excluding diaryl/α,β-unsaturated/α-hetero) is 1. The summed E-state index contributed by atoms with van der Waals surface area (Å²) in [5.74, 6) is 0.217. The third-order valence-electron chi connectivity index (χ3n) is 5.58. The van der Waals surface area contributed by atoms with Crippen molar-refractivity contribution in [2.75, 3.05) is 0 Å². The van der Waals surface area contributed by atoms with Gasteiger partial charge in [0.1, 0.15) is 0 Å². The second-order valence-electron chi connectivity index (χ2n) is 7.47. The van der Waals surface area contributed by atoms with Crippen LogP contribution in [0.5, 0.6) is 0 Å². The molecule has 2 aromatic heterocycles. The highest BCUT2D eigenvalue weighted by Crippen LogP contribution is 2.51. The number of para-hydroxylation sites is 1. The summed E-state index contributed by atoms with van der Waals surface area (Å²) in [7, 11) is 2.07. The first-order valence-corrected chi connectivity index (χ1v) is 9.64. The molecule has 0 atom stereocenters. The number of hydrogen-bond acceptors (Lipinski definition) is 2. The number of nitrogens with zero attached hydrogens (tertiary/aromatic N) is 1. The molecule has 0 N–H and O–H groups in total. The van der Waals surface area contributed by atoms with Crippen LogP contribution < -0.4 is 0 Å². The van der Waals surface area contributed by atoms with Gasteiger partial charge < -0.3 is 4.57 Å². The largest absolute Gasteiger partial charge is 0.342 e. The second kappa shape index (κ2) is 5.18. The minimum Gasteiger partial charge on any atom is -0.342 e. The molecule has 5 rings (SSSR count). The van der Waals surface area contributed by atoms with E-state index in [4.69, 9.17) is 0 Å². The van der Waals surface area contributed by atoms with Gasteiger partial charge in [0.05, 0.1) is 21.5 Å². The molecule has 0 bridgehead atoms. The summed E-state index contributed by atoms with van der Waals surface area (Å²) < 4.78 is 2.18. The normalized spacial score (nSPS) is 15.1. The van der Waals surface area contributed by atoms with Crippen LogP contribution in [0, 0.1) is 0 Å². The highest BCUT2D eigenvalue weighted by molar-refractivity contribution is 7.19. The van der Waals surface area contributed by atoms with E-state index in [0.717, 1.165) is 27.7 Å². The van der Waals surface area contributed by atoms with Crippen molar-refractivity contribution in [3.8, 4) is 21.0 Å². The Morgan fingerprint density at radius 2 is 1.65 bits per heavy atom. The minimum atomic E-state index is -0.518. The molecule has 1 aliphatic carbocycles. The highest BCUT2D eigenvalue weighted by Gasteiger charge is 2.43. The summed E-state index contributed by atoms with van der Waals surface area (Å²) in [6, 6.07) is 20.9. The second-order valence-corrected chi connectivity index (χ2v) is 8.53. The number of aryl methyl sites for hydroxylation is 1. The van der Waals surface area contributed by atoms with Crippen LogP contribution in [0.3, 0.4) is 0 Å². The van der Waals surface area contributed by atoms with Crippen LogP contribution >= 0.6 is 11.3 Å². The molecule has 26 heavy (non-hydrogen) atoms. The van der Waals surface area contributed by atoms with Crippen LogP contribution in [0.25, 0.3) is 31.9 Å². The van der Waals surface area contributed by atoms with E-state index in [1.54, 1.807) is 11.3 Å². The van der Waals surface area contributed by atoms with Crippen molar-refractivity contribution in [2.24, 2.45) is 7.05 Å². The molecule has 0 saturated heterocycles. The maximum Gasteiger partial charge on any atom is 0.175 e. The fourth-order valence-electron chi connectivity index (χ4n) is 4.10. The SMILES string of the molecule is Cn1c2c(c3ccccc31)C(=O)C(C)(C)c1cc(-c3ccccc3)sc1-2. The van der Waals surface area contributed by atoms with Gasteiger partial charge in [0.25, 0.3) is 0 Å². The lowest BCUT2D eigenvalue weighted by atomic mass is 9.73. The van der Waals surface area contributed by atoms with Crippen molar-refractivity contribution in [1.82, 2.24) is 4.57 Å². The summed E-state index contributed by atoms with van der Waals surface area (Å²) in [4.78, 5) is 15.9. The first-order valence-electron chi connectivity index (χ1n) is 8.82. The monoisotopic (exact) mass is 357 g/mol. The zero-order valence-corrected chi connectivity index (χ0v) is 15.9. The number of aromatic nitrogens is 1. The number of benzene rings is 2. The van der Waals surface area contributed by atoms with Crippen LogP contribution in [0.15, 0.2) is 60.7 Å². The Bertz CT molecular complexity index is 1180. The Balaban J connectivity index is 1.88. The minimum absolute atomic E-state index is 0.217. The van der Waals surface area contributed by atoms with Crippen molar-refractivity contribution in [2.45, 2.75) is 19.3 Å². The van der Waals surface area contributed by atoms with Gasteiger partial charge in [-0.3, -0.25) is 4.79 Å². The lowest BCUT2D eigenvalue weighted by Gasteiger charge is -2.29. The summed E-state index contributed by atoms with van der Waals surface area (Å²) in [6.07, 6.45) is 0. The van der Waals surface area contributed by atoms with E-state index in [9.17, 15) is 4.79 Å². The maximum atomic E-state index is 13.5. The average Bonchev–Trinajstić information content (AvgIpc) is 3.22. The zero-order chi connectivity index (χ0) is 18.1. The third kappa shape index (κ3) is 1.89. The Kier molecular flexibility index (Phi) is 3.11. The zero-order valence-electron chi connectivity index (χ0n) is 15.0. The van der Waals surface area contributed by atoms with E-state index in [-0.39, 0.29) is 5.78 Å². The molecule has 0 aliphatic heterocycles. The molecule has 128 valence electrons. The van der Waals surface area contributed by atoms with Crippen LogP contribution in [-0.2, 0) is 12.5 Å². The highest BCUT2D eigenvalue weighted by atomic mass is 32.1. The molecular formula is C23H19NOS. The third-order valence-corrected chi connectivity index (χ3v) is 6.77. The lowest BCUT2D eigenvalue weighted by molar-refractivity contribution is 0.0908. The van der Waals surface area contributed by atoms with Gasteiger partial charge in [0, 0.05) is 22.8 Å². The van der Waals surface area contributed by atoms with Gasteiger partial charge >= 0.3 is 0 Å². The van der Waals surface area contributed by atoms with E-state index < -0.39 is 5.41 Å². The first kappa shape index (κ1) is 15.6. The molecule has 0 unspecified atom stereocenters. The van der Waals surface area contributed by atoms with E-state index in [2.05, 4.69) is 67.9 Å². The standard InChI is InChI=1S/C23H19NOS/c1-23(2)16-13-18(14-9-5-4-6-10-14)26-21(16)20-19(22(23)25)15-11-7-8-12-17(15)24(20)3/h4-13H,1-3H3. The maximum absolute atomic E-state index is 13.5. The molecule has 0 spiro atoms. The van der Waals surface area contributed by atoms with Gasteiger partial charge in [-0.2, -0.15) is 0 Å². The molecule has 0 amide bonds. The fourth-order valence-corrected chi connectivity index (χ4v) is 5.51. The van der Waals surface area contributed by atoms with Crippen molar-refractivity contribution in [3.63, 3.8) is 0 Å². The van der Waals surface area contributed by atoms with Crippen molar-refractivity contribution >= 4 is 28.0 Å². The number of carbonyl (C=O) groups excluding carboxylic acids is 1. The van der Waals surface area contributed by atoms with E-state index in [1.807, 2.05) is 18.2 Å². The van der Waals surface area contributed by atoms with Crippen molar-refractivity contribution in [3.05, 3.63) is 71.8 Å². The number of ketones is 1. The van der Waals surface area contributed by atoms with E-state index in [1.165, 1.54) is 15.3 Å². The molecule has 0 fully saturated rings. The molecule has 4 aromatic rings. The summed E-state index contributed by atoms with van der Waals surface area (Å²) in [5, 5.41) is 1.06. The number of rotatable bonds is 1. The molecule has 2 aromatic carbocycles. The lowest BCUT2D eigenvalue weighted by Crippen LogP contribution is -2.32. The van der Waals surface area contributed by atoms with Gasteiger partial charge in [0.15, 0.2) is 5.78 Å². The Morgan fingerprint density at radius 1 is 0.962 bits per heavy atom. The number of fused-ring (bicyclic) bond motifs is 5. The van der Waals surface area contributed by atoms with Gasteiger partial charge in [0.2, 0.25) is 0 Å². The Hall–Kier alpha value is -2.65. The van der Waals surface area contributed by atoms with Crippen molar-refractivity contribution < 1.29 is 4.79 Å².